The van der Waals surface area contributed by atoms with Gasteiger partial charge in [-0.2, -0.15) is 0 Å². The number of likely N-dealkylation sites (tertiary alicyclic amines) is 1. The molecule has 2 heterocycles. The fraction of sp³-hybridized carbons (Fsp3) is 0.450. The molecule has 5 nitrogen and oxygen atoms in total. The van der Waals surface area contributed by atoms with E-state index in [4.69, 9.17) is 5.73 Å². The highest BCUT2D eigenvalue weighted by Gasteiger charge is 2.26. The number of nitrogens with zero attached hydrogens (tertiary/aromatic N) is 2. The van der Waals surface area contributed by atoms with Crippen molar-refractivity contribution >= 4 is 34.9 Å². The van der Waals surface area contributed by atoms with Gasteiger partial charge in [-0.3, -0.25) is 9.59 Å². The van der Waals surface area contributed by atoms with Gasteiger partial charge in [0, 0.05) is 30.1 Å². The molecule has 27 heavy (non-hydrogen) atoms. The number of aromatic nitrogens is 1. The summed E-state index contributed by atoms with van der Waals surface area (Å²) in [6, 6.07) is 6.50. The molecular formula is C20H25N3O2S2. The molecule has 1 aromatic carbocycles. The van der Waals surface area contributed by atoms with Crippen LogP contribution in [-0.2, 0) is 21.8 Å². The van der Waals surface area contributed by atoms with E-state index < -0.39 is 0 Å². The Morgan fingerprint density at radius 1 is 1.30 bits per heavy atom. The summed E-state index contributed by atoms with van der Waals surface area (Å²) in [6.07, 6.45) is 1.64. The summed E-state index contributed by atoms with van der Waals surface area (Å²) in [5, 5.41) is 1.97. The van der Waals surface area contributed by atoms with Gasteiger partial charge in [-0.05, 0) is 37.8 Å². The Balaban J connectivity index is 1.51. The van der Waals surface area contributed by atoms with E-state index in [9.17, 15) is 9.59 Å². The zero-order valence-electron chi connectivity index (χ0n) is 15.7. The fourth-order valence-electron chi connectivity index (χ4n) is 3.21. The highest BCUT2D eigenvalue weighted by Crippen LogP contribution is 2.28. The molecule has 7 heteroatoms. The summed E-state index contributed by atoms with van der Waals surface area (Å²) in [7, 11) is 0. The molecule has 144 valence electrons. The van der Waals surface area contributed by atoms with Crippen LogP contribution in [0.5, 0.6) is 0 Å². The van der Waals surface area contributed by atoms with Gasteiger partial charge in [0.25, 0.3) is 0 Å². The van der Waals surface area contributed by atoms with Gasteiger partial charge >= 0.3 is 0 Å². The summed E-state index contributed by atoms with van der Waals surface area (Å²) in [6.45, 7) is 5.44. The van der Waals surface area contributed by atoms with Crippen LogP contribution in [0, 0.1) is 19.8 Å². The molecule has 1 aromatic heterocycles. The molecule has 2 aromatic rings. The van der Waals surface area contributed by atoms with Crippen LogP contribution < -0.4 is 5.73 Å². The molecule has 1 saturated heterocycles. The number of carbonyl (C=O) groups excluding carboxylic acids is 2. The van der Waals surface area contributed by atoms with Crippen molar-refractivity contribution in [3.8, 4) is 0 Å². The Morgan fingerprint density at radius 3 is 2.74 bits per heavy atom. The van der Waals surface area contributed by atoms with Crippen molar-refractivity contribution in [2.45, 2.75) is 43.2 Å². The molecule has 1 aliphatic rings. The topological polar surface area (TPSA) is 76.3 Å². The van der Waals surface area contributed by atoms with Crippen LogP contribution >= 0.6 is 23.1 Å². The number of thiazole rings is 1. The van der Waals surface area contributed by atoms with E-state index in [0.29, 0.717) is 32.4 Å². The first-order valence-electron chi connectivity index (χ1n) is 9.13. The first kappa shape index (κ1) is 19.9. The monoisotopic (exact) mass is 403 g/mol. The minimum absolute atomic E-state index is 0.0781. The molecule has 2 amide bonds. The fourth-order valence-corrected chi connectivity index (χ4v) is 5.12. The Kier molecular flexibility index (Phi) is 6.55. The Morgan fingerprint density at radius 2 is 2.04 bits per heavy atom. The number of benzene rings is 1. The van der Waals surface area contributed by atoms with Crippen LogP contribution in [0.3, 0.4) is 0 Å². The van der Waals surface area contributed by atoms with E-state index >= 15 is 0 Å². The smallest absolute Gasteiger partial charge is 0.228 e. The lowest BCUT2D eigenvalue weighted by Crippen LogP contribution is -2.42. The number of hydrogen-bond acceptors (Lipinski definition) is 5. The van der Waals surface area contributed by atoms with Crippen molar-refractivity contribution in [1.29, 1.82) is 0 Å². The molecule has 1 aliphatic heterocycles. The molecule has 0 radical (unpaired) electrons. The predicted molar refractivity (Wildman–Crippen MR) is 110 cm³/mol. The zero-order valence-corrected chi connectivity index (χ0v) is 17.4. The number of piperidine rings is 1. The lowest BCUT2D eigenvalue weighted by molar-refractivity contribution is -0.134. The maximum absolute atomic E-state index is 12.5. The average Bonchev–Trinajstić information content (AvgIpc) is 3.10. The maximum Gasteiger partial charge on any atom is 0.228 e. The molecular weight excluding hydrogens is 378 g/mol. The second-order valence-corrected chi connectivity index (χ2v) is 9.14. The van der Waals surface area contributed by atoms with Crippen LogP contribution in [0.2, 0.25) is 0 Å². The normalized spacial score (nSPS) is 15.1. The van der Waals surface area contributed by atoms with Gasteiger partial charge in [0.1, 0.15) is 4.34 Å². The van der Waals surface area contributed by atoms with Gasteiger partial charge in [-0.15, -0.1) is 11.3 Å². The molecule has 0 saturated carbocycles. The van der Waals surface area contributed by atoms with Gasteiger partial charge in [0.2, 0.25) is 11.8 Å². The quantitative estimate of drug-likeness (QED) is 0.751. The van der Waals surface area contributed by atoms with Gasteiger partial charge in [0.05, 0.1) is 12.1 Å². The second kappa shape index (κ2) is 8.89. The molecule has 3 rings (SSSR count). The Hall–Kier alpha value is -1.86. The summed E-state index contributed by atoms with van der Waals surface area (Å²) in [4.78, 5) is 30.2. The number of nitrogens with two attached hydrogens (primary N) is 1. The zero-order chi connectivity index (χ0) is 19.4. The number of rotatable bonds is 6. The molecule has 0 aliphatic carbocycles. The summed E-state index contributed by atoms with van der Waals surface area (Å²) in [5.74, 6) is 0.609. The highest BCUT2D eigenvalue weighted by molar-refractivity contribution is 8.00. The van der Waals surface area contributed by atoms with Crippen molar-refractivity contribution in [3.63, 3.8) is 0 Å². The SMILES string of the molecule is Cc1ccc(C)c(CSc2nc(CC(=O)N3CCC(C(N)=O)CC3)cs2)c1. The van der Waals surface area contributed by atoms with Crippen molar-refractivity contribution in [2.75, 3.05) is 13.1 Å². The van der Waals surface area contributed by atoms with E-state index in [2.05, 4.69) is 37.0 Å². The largest absolute Gasteiger partial charge is 0.369 e. The van der Waals surface area contributed by atoms with Crippen molar-refractivity contribution < 1.29 is 9.59 Å². The Labute approximate surface area is 168 Å². The number of aryl methyl sites for hydroxylation is 2. The highest BCUT2D eigenvalue weighted by atomic mass is 32.2. The molecule has 1 fully saturated rings. The number of hydrogen-bond donors (Lipinski definition) is 1. The van der Waals surface area contributed by atoms with Gasteiger partial charge in [-0.25, -0.2) is 4.98 Å². The van der Waals surface area contributed by atoms with E-state index in [1.54, 1.807) is 23.1 Å². The van der Waals surface area contributed by atoms with Crippen molar-refractivity contribution in [2.24, 2.45) is 11.7 Å². The van der Waals surface area contributed by atoms with Crippen LogP contribution in [0.25, 0.3) is 0 Å². The minimum atomic E-state index is -0.257. The van der Waals surface area contributed by atoms with E-state index in [-0.39, 0.29) is 17.7 Å². The van der Waals surface area contributed by atoms with Crippen LogP contribution in [-0.4, -0.2) is 34.8 Å². The summed E-state index contributed by atoms with van der Waals surface area (Å²) in [5.41, 5.74) is 10.1. The lowest BCUT2D eigenvalue weighted by atomic mass is 9.96. The Bertz CT molecular complexity index is 826. The van der Waals surface area contributed by atoms with E-state index in [1.807, 2.05) is 10.3 Å². The first-order valence-corrected chi connectivity index (χ1v) is 11.0. The maximum atomic E-state index is 12.5. The third kappa shape index (κ3) is 5.32. The van der Waals surface area contributed by atoms with Crippen LogP contribution in [0.4, 0.5) is 0 Å². The molecule has 2 N–H and O–H groups in total. The van der Waals surface area contributed by atoms with Crippen molar-refractivity contribution in [3.05, 3.63) is 46.0 Å². The first-order chi connectivity index (χ1) is 12.9. The van der Waals surface area contributed by atoms with Gasteiger partial charge in [0.15, 0.2) is 0 Å². The molecule has 0 unspecified atom stereocenters. The van der Waals surface area contributed by atoms with Crippen molar-refractivity contribution in [1.82, 2.24) is 9.88 Å². The third-order valence-corrected chi connectivity index (χ3v) is 7.09. The third-order valence-electron chi connectivity index (χ3n) is 4.97. The van der Waals surface area contributed by atoms with Crippen LogP contribution in [0.1, 0.15) is 35.2 Å². The predicted octanol–water partition coefficient (Wildman–Crippen LogP) is 3.32. The number of primary amides is 1. The van der Waals surface area contributed by atoms with E-state index in [0.717, 1.165) is 15.8 Å². The van der Waals surface area contributed by atoms with Gasteiger partial charge < -0.3 is 10.6 Å². The minimum Gasteiger partial charge on any atom is -0.369 e. The standard InChI is InChI=1S/C20H25N3O2S2/c1-13-3-4-14(2)16(9-13)11-26-20-22-17(12-27-20)10-18(24)23-7-5-15(6-8-23)19(21)25/h3-4,9,12,15H,5-8,10-11H2,1-2H3,(H2,21,25). The molecule has 0 spiro atoms. The second-order valence-electron chi connectivity index (χ2n) is 7.06. The lowest BCUT2D eigenvalue weighted by Gasteiger charge is -2.30. The number of carbonyl (C=O) groups is 2. The summed E-state index contributed by atoms with van der Waals surface area (Å²) >= 11 is 3.31. The molecule has 0 bridgehead atoms. The summed E-state index contributed by atoms with van der Waals surface area (Å²) < 4.78 is 0.992. The number of amides is 2. The number of thioether (sulfide) groups is 1. The van der Waals surface area contributed by atoms with Crippen LogP contribution in [0.15, 0.2) is 27.9 Å². The molecule has 0 atom stereocenters. The van der Waals surface area contributed by atoms with E-state index in [1.165, 1.54) is 16.7 Å². The van der Waals surface area contributed by atoms with Gasteiger partial charge in [-0.1, -0.05) is 35.5 Å². The average molecular weight is 404 g/mol.